The molecule has 1 fully saturated rings. The summed E-state index contributed by atoms with van der Waals surface area (Å²) in [6.07, 6.45) is 4.69. The van der Waals surface area contributed by atoms with E-state index in [0.717, 1.165) is 19.4 Å². The molecule has 1 aromatic heterocycles. The molecule has 0 saturated heterocycles. The third-order valence-corrected chi connectivity index (χ3v) is 4.27. The maximum atomic E-state index is 14.4. The van der Waals surface area contributed by atoms with Crippen molar-refractivity contribution in [2.75, 3.05) is 5.73 Å². The Labute approximate surface area is 123 Å². The molecule has 0 amide bonds. The van der Waals surface area contributed by atoms with Gasteiger partial charge in [0.05, 0.1) is 12.1 Å². The summed E-state index contributed by atoms with van der Waals surface area (Å²) in [7, 11) is 0. The molecule has 0 radical (unpaired) electrons. The fraction of sp³-hybridized carbons (Fsp3) is 0.533. The minimum atomic E-state index is -0.305. The smallest absolute Gasteiger partial charge is 0.185 e. The van der Waals surface area contributed by atoms with Crippen LogP contribution in [0.4, 0.5) is 10.1 Å². The van der Waals surface area contributed by atoms with Crippen LogP contribution in [-0.4, -0.2) is 20.2 Å². The lowest BCUT2D eigenvalue weighted by Crippen LogP contribution is -2.14. The van der Waals surface area contributed by atoms with Gasteiger partial charge in [-0.2, -0.15) is 0 Å². The third kappa shape index (κ3) is 2.62. The molecular formula is C15H20FN5. The molecule has 0 unspecified atom stereocenters. The summed E-state index contributed by atoms with van der Waals surface area (Å²) in [5, 5.41) is 11.8. The highest BCUT2D eigenvalue weighted by Crippen LogP contribution is 2.51. The van der Waals surface area contributed by atoms with E-state index in [1.807, 2.05) is 0 Å². The maximum Gasteiger partial charge on any atom is 0.185 e. The molecule has 2 aromatic rings. The first-order chi connectivity index (χ1) is 10.0. The van der Waals surface area contributed by atoms with Crippen LogP contribution < -0.4 is 5.73 Å². The Morgan fingerprint density at radius 2 is 2.14 bits per heavy atom. The zero-order chi connectivity index (χ0) is 15.0. The van der Waals surface area contributed by atoms with Gasteiger partial charge in [0.2, 0.25) is 0 Å². The van der Waals surface area contributed by atoms with Crippen molar-refractivity contribution in [3.8, 4) is 11.4 Å². The van der Waals surface area contributed by atoms with Gasteiger partial charge in [-0.1, -0.05) is 13.3 Å². The van der Waals surface area contributed by atoms with Crippen molar-refractivity contribution in [2.24, 2.45) is 5.41 Å². The van der Waals surface area contributed by atoms with Crippen LogP contribution in [0, 0.1) is 18.2 Å². The molecule has 2 N–H and O–H groups in total. The number of benzene rings is 1. The van der Waals surface area contributed by atoms with Crippen LogP contribution in [0.1, 0.15) is 38.2 Å². The Morgan fingerprint density at radius 1 is 1.38 bits per heavy atom. The first-order valence-electron chi connectivity index (χ1n) is 7.37. The summed E-state index contributed by atoms with van der Waals surface area (Å²) in [6.45, 7) is 4.63. The minimum Gasteiger partial charge on any atom is -0.399 e. The number of tetrazole rings is 1. The van der Waals surface area contributed by atoms with Crippen LogP contribution in [-0.2, 0) is 6.54 Å². The standard InChI is InChI=1S/C15H20FN5/c1-3-4-15(5-6-15)9-21-14(18-19-20-21)12-8-11(17)7-10(2)13(12)16/h7-8H,3-6,9,17H2,1-2H3. The monoisotopic (exact) mass is 289 g/mol. The van der Waals surface area contributed by atoms with E-state index in [-0.39, 0.29) is 5.82 Å². The van der Waals surface area contributed by atoms with E-state index >= 15 is 0 Å². The van der Waals surface area contributed by atoms with E-state index in [9.17, 15) is 4.39 Å². The van der Waals surface area contributed by atoms with Gasteiger partial charge in [-0.3, -0.25) is 0 Å². The zero-order valence-corrected chi connectivity index (χ0v) is 12.4. The number of nitrogen functional groups attached to an aromatic ring is 1. The average Bonchev–Trinajstić information content (AvgIpc) is 3.03. The number of rotatable bonds is 5. The second-order valence-corrected chi connectivity index (χ2v) is 6.11. The Morgan fingerprint density at radius 3 is 2.81 bits per heavy atom. The maximum absolute atomic E-state index is 14.4. The summed E-state index contributed by atoms with van der Waals surface area (Å²) in [5.41, 5.74) is 7.53. The van der Waals surface area contributed by atoms with Crippen molar-refractivity contribution in [3.05, 3.63) is 23.5 Å². The number of halogens is 1. The highest BCUT2D eigenvalue weighted by atomic mass is 19.1. The Kier molecular flexibility index (Phi) is 3.39. The summed E-state index contributed by atoms with van der Waals surface area (Å²) in [5.74, 6) is 0.158. The number of hydrogen-bond donors (Lipinski definition) is 1. The molecule has 0 atom stereocenters. The molecule has 0 spiro atoms. The summed E-state index contributed by atoms with van der Waals surface area (Å²) in [4.78, 5) is 0. The summed E-state index contributed by atoms with van der Waals surface area (Å²) in [6, 6.07) is 3.22. The first-order valence-corrected chi connectivity index (χ1v) is 7.37. The molecule has 1 saturated carbocycles. The molecule has 5 nitrogen and oxygen atoms in total. The topological polar surface area (TPSA) is 69.6 Å². The van der Waals surface area contributed by atoms with E-state index < -0.39 is 0 Å². The molecule has 6 heteroatoms. The molecule has 112 valence electrons. The van der Waals surface area contributed by atoms with Crippen molar-refractivity contribution < 1.29 is 4.39 Å². The van der Waals surface area contributed by atoms with Gasteiger partial charge in [-0.05, 0) is 59.7 Å². The molecule has 1 aliphatic carbocycles. The second-order valence-electron chi connectivity index (χ2n) is 6.11. The number of aromatic nitrogens is 4. The molecule has 0 aliphatic heterocycles. The van der Waals surface area contributed by atoms with Gasteiger partial charge < -0.3 is 5.73 Å². The van der Waals surface area contributed by atoms with Crippen molar-refractivity contribution in [3.63, 3.8) is 0 Å². The minimum absolute atomic E-state index is 0.296. The molecule has 21 heavy (non-hydrogen) atoms. The van der Waals surface area contributed by atoms with Crippen LogP contribution in [0.15, 0.2) is 12.1 Å². The van der Waals surface area contributed by atoms with Crippen molar-refractivity contribution in [1.29, 1.82) is 0 Å². The van der Waals surface area contributed by atoms with Gasteiger partial charge in [0, 0.05) is 5.69 Å². The normalized spacial score (nSPS) is 16.1. The predicted octanol–water partition coefficient (Wildman–Crippen LogP) is 2.95. The lowest BCUT2D eigenvalue weighted by molar-refractivity contribution is 0.364. The van der Waals surface area contributed by atoms with Crippen LogP contribution in [0.2, 0.25) is 0 Å². The highest BCUT2D eigenvalue weighted by molar-refractivity contribution is 5.63. The predicted molar refractivity (Wildman–Crippen MR) is 78.9 cm³/mol. The van der Waals surface area contributed by atoms with E-state index in [1.54, 1.807) is 23.7 Å². The quantitative estimate of drug-likeness (QED) is 0.859. The summed E-state index contributed by atoms with van der Waals surface area (Å²) < 4.78 is 16.1. The fourth-order valence-corrected chi connectivity index (χ4v) is 2.98. The average molecular weight is 289 g/mol. The van der Waals surface area contributed by atoms with Gasteiger partial charge in [-0.15, -0.1) is 5.10 Å². The Bertz CT molecular complexity index is 660. The SMILES string of the molecule is CCCC1(Cn2nnnc2-c2cc(N)cc(C)c2F)CC1. The second kappa shape index (κ2) is 5.09. The van der Waals surface area contributed by atoms with Crippen molar-refractivity contribution in [2.45, 2.75) is 46.1 Å². The number of nitrogens with two attached hydrogens (primary N) is 1. The van der Waals surface area contributed by atoms with Crippen LogP contribution in [0.5, 0.6) is 0 Å². The largest absolute Gasteiger partial charge is 0.399 e. The Balaban J connectivity index is 1.96. The van der Waals surface area contributed by atoms with Crippen LogP contribution in [0.3, 0.4) is 0 Å². The van der Waals surface area contributed by atoms with Gasteiger partial charge in [-0.25, -0.2) is 9.07 Å². The summed E-state index contributed by atoms with van der Waals surface area (Å²) >= 11 is 0. The van der Waals surface area contributed by atoms with Crippen LogP contribution in [0.25, 0.3) is 11.4 Å². The van der Waals surface area contributed by atoms with Gasteiger partial charge in [0.15, 0.2) is 5.82 Å². The van der Waals surface area contributed by atoms with E-state index in [0.29, 0.717) is 28.1 Å². The molecule has 1 aromatic carbocycles. The lowest BCUT2D eigenvalue weighted by atomic mass is 10.0. The molecule has 3 rings (SSSR count). The molecular weight excluding hydrogens is 269 g/mol. The number of hydrogen-bond acceptors (Lipinski definition) is 4. The van der Waals surface area contributed by atoms with Crippen LogP contribution >= 0.6 is 0 Å². The lowest BCUT2D eigenvalue weighted by Gasteiger charge is -2.15. The van der Waals surface area contributed by atoms with E-state index in [2.05, 4.69) is 22.4 Å². The molecule has 1 heterocycles. The van der Waals surface area contributed by atoms with E-state index in [4.69, 9.17) is 5.73 Å². The molecule has 1 aliphatic rings. The highest BCUT2D eigenvalue weighted by Gasteiger charge is 2.42. The third-order valence-electron chi connectivity index (χ3n) is 4.27. The Hall–Kier alpha value is -1.98. The first kappa shape index (κ1) is 14.0. The van der Waals surface area contributed by atoms with E-state index in [1.165, 1.54) is 12.8 Å². The zero-order valence-electron chi connectivity index (χ0n) is 12.4. The number of nitrogens with zero attached hydrogens (tertiary/aromatic N) is 4. The van der Waals surface area contributed by atoms with Gasteiger partial charge in [0.25, 0.3) is 0 Å². The number of anilines is 1. The van der Waals surface area contributed by atoms with Crippen molar-refractivity contribution in [1.82, 2.24) is 20.2 Å². The van der Waals surface area contributed by atoms with Crippen molar-refractivity contribution >= 4 is 5.69 Å². The number of aryl methyl sites for hydroxylation is 1. The molecule has 0 bridgehead atoms. The van der Waals surface area contributed by atoms with Gasteiger partial charge in [0.1, 0.15) is 5.82 Å². The fourth-order valence-electron chi connectivity index (χ4n) is 2.98. The van der Waals surface area contributed by atoms with Gasteiger partial charge >= 0.3 is 0 Å².